The van der Waals surface area contributed by atoms with Gasteiger partial charge in [0.25, 0.3) is 0 Å². The zero-order valence-corrected chi connectivity index (χ0v) is 19.1. The van der Waals surface area contributed by atoms with E-state index in [-0.39, 0.29) is 17.7 Å². The molecule has 0 fully saturated rings. The fourth-order valence-electron chi connectivity index (χ4n) is 4.13. The monoisotopic (exact) mass is 417 g/mol. The van der Waals surface area contributed by atoms with Crippen molar-refractivity contribution in [3.05, 3.63) is 65.0 Å². The molecule has 0 aliphatic heterocycles. The normalized spacial score (nSPS) is 13.7. The number of aliphatic hydroxyl groups is 1. The minimum Gasteiger partial charge on any atom is -0.385 e. The summed E-state index contributed by atoms with van der Waals surface area (Å²) < 4.78 is 2.17. The van der Waals surface area contributed by atoms with Crippen molar-refractivity contribution in [1.82, 2.24) is 9.55 Å². The van der Waals surface area contributed by atoms with E-state index in [1.54, 1.807) is 6.92 Å². The van der Waals surface area contributed by atoms with Gasteiger partial charge in [0, 0.05) is 24.8 Å². The molecule has 0 radical (unpaired) electrons. The Morgan fingerprint density at radius 1 is 1.16 bits per heavy atom. The van der Waals surface area contributed by atoms with Crippen LogP contribution < -0.4 is 0 Å². The Labute approximate surface area is 184 Å². The molecule has 3 aromatic rings. The van der Waals surface area contributed by atoms with Crippen molar-refractivity contribution in [2.45, 2.75) is 71.4 Å². The molecule has 0 aliphatic rings. The zero-order valence-electron chi connectivity index (χ0n) is 19.1. The summed E-state index contributed by atoms with van der Waals surface area (Å²) >= 11 is 0. The number of aromatic nitrogens is 2. The highest BCUT2D eigenvalue weighted by Gasteiger charge is 2.26. The predicted octanol–water partition coefficient (Wildman–Crippen LogP) is 5.16. The SMILES string of the molecule is Cc1cc2nc(CCCC(=O)C[C@@](C)(O)c3ccccc3)n(C(C)(C)C)c2cc1C#N. The highest BCUT2D eigenvalue weighted by Crippen LogP contribution is 2.29. The van der Waals surface area contributed by atoms with Gasteiger partial charge in [-0.25, -0.2) is 4.98 Å². The van der Waals surface area contributed by atoms with Gasteiger partial charge in [0.15, 0.2) is 0 Å². The third kappa shape index (κ3) is 5.03. The molecule has 1 atom stereocenters. The minimum atomic E-state index is -1.16. The molecule has 0 spiro atoms. The summed E-state index contributed by atoms with van der Waals surface area (Å²) in [4.78, 5) is 17.4. The molecule has 3 rings (SSSR count). The number of imidazole rings is 1. The topological polar surface area (TPSA) is 78.9 Å². The van der Waals surface area contributed by atoms with Crippen molar-refractivity contribution < 1.29 is 9.90 Å². The molecule has 0 amide bonds. The molecule has 5 nitrogen and oxygen atoms in total. The number of fused-ring (bicyclic) bond motifs is 1. The molecule has 0 bridgehead atoms. The summed E-state index contributed by atoms with van der Waals surface area (Å²) in [7, 11) is 0. The molecule has 162 valence electrons. The van der Waals surface area contributed by atoms with Crippen molar-refractivity contribution in [2.75, 3.05) is 0 Å². The second kappa shape index (κ2) is 8.64. The van der Waals surface area contributed by atoms with Crippen LogP contribution in [0.4, 0.5) is 0 Å². The van der Waals surface area contributed by atoms with Gasteiger partial charge in [-0.1, -0.05) is 30.3 Å². The fourth-order valence-corrected chi connectivity index (χ4v) is 4.13. The van der Waals surface area contributed by atoms with Crippen LogP contribution in [0.5, 0.6) is 0 Å². The number of nitrogens with zero attached hydrogens (tertiary/aromatic N) is 3. The van der Waals surface area contributed by atoms with E-state index in [4.69, 9.17) is 4.98 Å². The van der Waals surface area contributed by atoms with E-state index in [1.807, 2.05) is 49.4 Å². The molecular weight excluding hydrogens is 386 g/mol. The summed E-state index contributed by atoms with van der Waals surface area (Å²) in [5.41, 5.74) is 2.78. The molecule has 1 N–H and O–H groups in total. The molecule has 0 saturated heterocycles. The molecule has 1 heterocycles. The van der Waals surface area contributed by atoms with Crippen LogP contribution in [0.2, 0.25) is 0 Å². The molecular formula is C26H31N3O2. The van der Waals surface area contributed by atoms with E-state index in [1.165, 1.54) is 0 Å². The Kier molecular flexibility index (Phi) is 6.33. The number of carbonyl (C=O) groups excluding carboxylic acids is 1. The van der Waals surface area contributed by atoms with Gasteiger partial charge in [0.1, 0.15) is 11.6 Å². The molecule has 0 saturated carbocycles. The zero-order chi connectivity index (χ0) is 22.8. The Bertz CT molecular complexity index is 1130. The maximum absolute atomic E-state index is 12.6. The number of carbonyl (C=O) groups is 1. The number of nitriles is 1. The fraction of sp³-hybridized carbons (Fsp3) is 0.423. The molecule has 0 unspecified atom stereocenters. The number of hydrogen-bond donors (Lipinski definition) is 1. The van der Waals surface area contributed by atoms with Crippen molar-refractivity contribution >= 4 is 16.8 Å². The third-order valence-electron chi connectivity index (χ3n) is 5.65. The van der Waals surface area contributed by atoms with Crippen LogP contribution in [-0.2, 0) is 22.4 Å². The summed E-state index contributed by atoms with van der Waals surface area (Å²) in [5, 5.41) is 20.1. The van der Waals surface area contributed by atoms with E-state index in [9.17, 15) is 15.2 Å². The predicted molar refractivity (Wildman–Crippen MR) is 123 cm³/mol. The Balaban J connectivity index is 1.75. The highest BCUT2D eigenvalue weighted by atomic mass is 16.3. The van der Waals surface area contributed by atoms with Gasteiger partial charge in [-0.2, -0.15) is 5.26 Å². The number of rotatable bonds is 7. The molecule has 31 heavy (non-hydrogen) atoms. The maximum atomic E-state index is 12.6. The Hall–Kier alpha value is -2.97. The first-order valence-corrected chi connectivity index (χ1v) is 10.7. The Morgan fingerprint density at radius 3 is 2.45 bits per heavy atom. The van der Waals surface area contributed by atoms with Gasteiger partial charge < -0.3 is 9.67 Å². The van der Waals surface area contributed by atoms with E-state index in [2.05, 4.69) is 31.4 Å². The number of ketones is 1. The quantitative estimate of drug-likeness (QED) is 0.576. The van der Waals surface area contributed by atoms with Crippen LogP contribution in [0.15, 0.2) is 42.5 Å². The summed E-state index contributed by atoms with van der Waals surface area (Å²) in [6, 6.07) is 15.4. The standard InChI is InChI=1S/C26H31N3O2/c1-18-14-22-23(15-19(18)17-27)29(25(2,3)4)24(28-22)13-9-12-21(30)16-26(5,31)20-10-7-6-8-11-20/h6-8,10-11,14-15,31H,9,12-13,16H2,1-5H3/t26-/m1/s1. The van der Waals surface area contributed by atoms with E-state index in [0.717, 1.165) is 28.0 Å². The van der Waals surface area contributed by atoms with Crippen LogP contribution in [0, 0.1) is 18.3 Å². The molecule has 2 aromatic carbocycles. The minimum absolute atomic E-state index is 0.0369. The van der Waals surface area contributed by atoms with Gasteiger partial charge >= 0.3 is 0 Å². The lowest BCUT2D eigenvalue weighted by molar-refractivity contribution is -0.123. The smallest absolute Gasteiger partial charge is 0.136 e. The number of benzene rings is 2. The number of Topliss-reactive ketones (excluding diaryl/α,β-unsaturated/α-hetero) is 1. The number of hydrogen-bond acceptors (Lipinski definition) is 4. The van der Waals surface area contributed by atoms with Crippen molar-refractivity contribution in [2.24, 2.45) is 0 Å². The van der Waals surface area contributed by atoms with Crippen LogP contribution >= 0.6 is 0 Å². The van der Waals surface area contributed by atoms with Gasteiger partial charge in [-0.3, -0.25) is 4.79 Å². The van der Waals surface area contributed by atoms with Crippen LogP contribution in [0.1, 0.15) is 69.5 Å². The lowest BCUT2D eigenvalue weighted by Gasteiger charge is -2.25. The summed E-state index contributed by atoms with van der Waals surface area (Å²) in [6.45, 7) is 9.96. The van der Waals surface area contributed by atoms with Crippen LogP contribution in [0.3, 0.4) is 0 Å². The first-order valence-electron chi connectivity index (χ1n) is 10.7. The first-order chi connectivity index (χ1) is 14.5. The van der Waals surface area contributed by atoms with Gasteiger partial charge in [-0.05, 0) is 64.3 Å². The lowest BCUT2D eigenvalue weighted by Crippen LogP contribution is -2.25. The van der Waals surface area contributed by atoms with Gasteiger partial charge in [0.2, 0.25) is 0 Å². The summed E-state index contributed by atoms with van der Waals surface area (Å²) in [6.07, 6.45) is 1.80. The maximum Gasteiger partial charge on any atom is 0.136 e. The van der Waals surface area contributed by atoms with Crippen LogP contribution in [-0.4, -0.2) is 20.4 Å². The van der Waals surface area contributed by atoms with Gasteiger partial charge in [-0.15, -0.1) is 0 Å². The second-order valence-electron chi connectivity index (χ2n) is 9.51. The highest BCUT2D eigenvalue weighted by molar-refractivity contribution is 5.80. The largest absolute Gasteiger partial charge is 0.385 e. The van der Waals surface area contributed by atoms with Crippen molar-refractivity contribution in [3.63, 3.8) is 0 Å². The molecule has 5 heteroatoms. The van der Waals surface area contributed by atoms with E-state index < -0.39 is 5.60 Å². The average molecular weight is 418 g/mol. The number of aryl methyl sites for hydroxylation is 2. The molecule has 0 aliphatic carbocycles. The van der Waals surface area contributed by atoms with E-state index in [0.29, 0.717) is 24.8 Å². The van der Waals surface area contributed by atoms with Gasteiger partial charge in [0.05, 0.1) is 28.3 Å². The Morgan fingerprint density at radius 2 is 1.84 bits per heavy atom. The molecule has 1 aromatic heterocycles. The third-order valence-corrected chi connectivity index (χ3v) is 5.65. The summed E-state index contributed by atoms with van der Waals surface area (Å²) in [5.74, 6) is 0.953. The van der Waals surface area contributed by atoms with Crippen LogP contribution in [0.25, 0.3) is 11.0 Å². The van der Waals surface area contributed by atoms with E-state index >= 15 is 0 Å². The first kappa shape index (κ1) is 22.7. The lowest BCUT2D eigenvalue weighted by atomic mass is 9.89. The second-order valence-corrected chi connectivity index (χ2v) is 9.51. The van der Waals surface area contributed by atoms with Crippen molar-refractivity contribution in [3.8, 4) is 6.07 Å². The average Bonchev–Trinajstić information content (AvgIpc) is 3.04. The van der Waals surface area contributed by atoms with Crippen molar-refractivity contribution in [1.29, 1.82) is 5.26 Å².